The topological polar surface area (TPSA) is 44.1 Å². The van der Waals surface area contributed by atoms with Crippen molar-refractivity contribution in [3.8, 4) is 6.07 Å². The van der Waals surface area contributed by atoms with Gasteiger partial charge in [0, 0.05) is 6.42 Å². The standard InChI is InChI=1S/C18H30N2O/c1-7-17(21)11-13-18(3,4)12-10-15(2)8-9-16(14-19)20(5)6/h10-11,13,16H,7-9,12H2,1-6H3/b13-11+,15-10+. The molecule has 0 aliphatic carbocycles. The van der Waals surface area contributed by atoms with Gasteiger partial charge in [-0.2, -0.15) is 5.26 Å². The summed E-state index contributed by atoms with van der Waals surface area (Å²) in [6, 6.07) is 2.29. The zero-order chi connectivity index (χ0) is 16.5. The normalized spacial score (nSPS) is 14.5. The van der Waals surface area contributed by atoms with E-state index in [1.54, 1.807) is 6.08 Å². The van der Waals surface area contributed by atoms with Crippen LogP contribution in [-0.2, 0) is 4.79 Å². The molecule has 3 nitrogen and oxygen atoms in total. The van der Waals surface area contributed by atoms with E-state index in [-0.39, 0.29) is 17.2 Å². The van der Waals surface area contributed by atoms with Crippen LogP contribution in [0.5, 0.6) is 0 Å². The Morgan fingerprint density at radius 2 is 2.00 bits per heavy atom. The van der Waals surface area contributed by atoms with E-state index in [0.717, 1.165) is 19.3 Å². The third-order valence-electron chi connectivity index (χ3n) is 3.63. The van der Waals surface area contributed by atoms with Crippen molar-refractivity contribution in [1.29, 1.82) is 5.26 Å². The summed E-state index contributed by atoms with van der Waals surface area (Å²) in [5.41, 5.74) is 1.29. The number of ketones is 1. The fourth-order valence-corrected chi connectivity index (χ4v) is 1.85. The van der Waals surface area contributed by atoms with Gasteiger partial charge in [-0.1, -0.05) is 38.5 Å². The quantitative estimate of drug-likeness (QED) is 0.474. The minimum absolute atomic E-state index is 0.0116. The fourth-order valence-electron chi connectivity index (χ4n) is 1.85. The number of nitrogens with zero attached hydrogens (tertiary/aromatic N) is 2. The number of allylic oxidation sites excluding steroid dienone is 4. The summed E-state index contributed by atoms with van der Waals surface area (Å²) in [5, 5.41) is 9.06. The Bertz CT molecular complexity index is 425. The van der Waals surface area contributed by atoms with Gasteiger partial charge < -0.3 is 0 Å². The van der Waals surface area contributed by atoms with Crippen LogP contribution >= 0.6 is 0 Å². The Morgan fingerprint density at radius 1 is 1.38 bits per heavy atom. The van der Waals surface area contributed by atoms with Gasteiger partial charge in [-0.15, -0.1) is 0 Å². The predicted molar refractivity (Wildman–Crippen MR) is 88.9 cm³/mol. The molecule has 0 aromatic heterocycles. The number of hydrogen-bond donors (Lipinski definition) is 0. The van der Waals surface area contributed by atoms with Crippen LogP contribution in [0.4, 0.5) is 0 Å². The van der Waals surface area contributed by atoms with E-state index in [1.807, 2.05) is 32.0 Å². The SMILES string of the molecule is CCC(=O)/C=C/C(C)(C)C/C=C(\C)CCC(C#N)N(C)C. The molecule has 1 atom stereocenters. The summed E-state index contributed by atoms with van der Waals surface area (Å²) in [4.78, 5) is 13.3. The number of carbonyl (C=O) groups excluding carboxylic acids is 1. The molecule has 1 unspecified atom stereocenters. The monoisotopic (exact) mass is 290 g/mol. The second-order valence-electron chi connectivity index (χ2n) is 6.54. The predicted octanol–water partition coefficient (Wildman–Crippen LogP) is 4.12. The van der Waals surface area contributed by atoms with Crippen LogP contribution in [0.2, 0.25) is 0 Å². The molecule has 3 heteroatoms. The van der Waals surface area contributed by atoms with Crippen LogP contribution in [-0.4, -0.2) is 30.8 Å². The third-order valence-corrected chi connectivity index (χ3v) is 3.63. The molecule has 0 fully saturated rings. The van der Waals surface area contributed by atoms with Gasteiger partial charge in [0.15, 0.2) is 5.78 Å². The highest BCUT2D eigenvalue weighted by Crippen LogP contribution is 2.24. The fraction of sp³-hybridized carbons (Fsp3) is 0.667. The smallest absolute Gasteiger partial charge is 0.155 e. The second kappa shape index (κ2) is 9.52. The molecule has 0 amide bonds. The summed E-state index contributed by atoms with van der Waals surface area (Å²) >= 11 is 0. The van der Waals surface area contributed by atoms with Crippen molar-refractivity contribution in [3.05, 3.63) is 23.8 Å². The van der Waals surface area contributed by atoms with Crippen molar-refractivity contribution in [2.75, 3.05) is 14.1 Å². The molecule has 0 rings (SSSR count). The van der Waals surface area contributed by atoms with Crippen LogP contribution < -0.4 is 0 Å². The first kappa shape index (κ1) is 19.6. The van der Waals surface area contributed by atoms with Gasteiger partial charge in [0.1, 0.15) is 0 Å². The Labute approximate surface area is 130 Å². The van der Waals surface area contributed by atoms with Gasteiger partial charge in [-0.25, -0.2) is 0 Å². The zero-order valence-electron chi connectivity index (χ0n) is 14.4. The molecule has 0 N–H and O–H groups in total. The highest BCUT2D eigenvalue weighted by atomic mass is 16.1. The van der Waals surface area contributed by atoms with Gasteiger partial charge in [0.05, 0.1) is 12.1 Å². The van der Waals surface area contributed by atoms with Gasteiger partial charge >= 0.3 is 0 Å². The highest BCUT2D eigenvalue weighted by molar-refractivity contribution is 5.89. The lowest BCUT2D eigenvalue weighted by Gasteiger charge is -2.19. The second-order valence-corrected chi connectivity index (χ2v) is 6.54. The average Bonchev–Trinajstić information content (AvgIpc) is 2.43. The van der Waals surface area contributed by atoms with Crippen molar-refractivity contribution in [2.24, 2.45) is 5.41 Å². The number of rotatable bonds is 9. The van der Waals surface area contributed by atoms with E-state index < -0.39 is 0 Å². The van der Waals surface area contributed by atoms with Gasteiger partial charge in [-0.05, 0) is 51.8 Å². The molecular formula is C18H30N2O. The van der Waals surface area contributed by atoms with E-state index in [4.69, 9.17) is 5.26 Å². The first-order chi connectivity index (χ1) is 9.71. The summed E-state index contributed by atoms with van der Waals surface area (Å²) < 4.78 is 0. The summed E-state index contributed by atoms with van der Waals surface area (Å²) in [6.45, 7) is 8.25. The zero-order valence-corrected chi connectivity index (χ0v) is 14.4. The molecule has 0 aliphatic heterocycles. The van der Waals surface area contributed by atoms with Gasteiger partial charge in [-0.3, -0.25) is 9.69 Å². The van der Waals surface area contributed by atoms with E-state index in [0.29, 0.717) is 6.42 Å². The summed E-state index contributed by atoms with van der Waals surface area (Å²) in [6.07, 6.45) is 9.18. The summed E-state index contributed by atoms with van der Waals surface area (Å²) in [7, 11) is 3.87. The number of nitriles is 1. The molecule has 0 heterocycles. The molecule has 0 aromatic carbocycles. The lowest BCUT2D eigenvalue weighted by Crippen LogP contribution is -2.26. The minimum atomic E-state index is -0.0246. The maximum atomic E-state index is 11.3. The van der Waals surface area contributed by atoms with Crippen LogP contribution in [0.25, 0.3) is 0 Å². The lowest BCUT2D eigenvalue weighted by molar-refractivity contribution is -0.114. The van der Waals surface area contributed by atoms with Crippen LogP contribution in [0.15, 0.2) is 23.8 Å². The van der Waals surface area contributed by atoms with Crippen molar-refractivity contribution in [2.45, 2.75) is 59.4 Å². The van der Waals surface area contributed by atoms with Crippen molar-refractivity contribution >= 4 is 5.78 Å². The Morgan fingerprint density at radius 3 is 2.48 bits per heavy atom. The van der Waals surface area contributed by atoms with Crippen molar-refractivity contribution < 1.29 is 4.79 Å². The number of carbonyl (C=O) groups is 1. The van der Waals surface area contributed by atoms with Crippen LogP contribution in [0.1, 0.15) is 53.4 Å². The molecule has 0 aromatic rings. The summed E-state index contributed by atoms with van der Waals surface area (Å²) in [5.74, 6) is 0.173. The molecule has 0 saturated heterocycles. The van der Waals surface area contributed by atoms with Crippen molar-refractivity contribution in [1.82, 2.24) is 4.90 Å². The molecule has 0 bridgehead atoms. The van der Waals surface area contributed by atoms with Crippen LogP contribution in [0.3, 0.4) is 0 Å². The first-order valence-corrected chi connectivity index (χ1v) is 7.65. The molecule has 21 heavy (non-hydrogen) atoms. The maximum Gasteiger partial charge on any atom is 0.155 e. The van der Waals surface area contributed by atoms with Gasteiger partial charge in [0.25, 0.3) is 0 Å². The molecule has 0 saturated carbocycles. The molecular weight excluding hydrogens is 260 g/mol. The van der Waals surface area contributed by atoms with E-state index >= 15 is 0 Å². The first-order valence-electron chi connectivity index (χ1n) is 7.65. The Kier molecular flexibility index (Phi) is 8.89. The maximum absolute atomic E-state index is 11.3. The lowest BCUT2D eigenvalue weighted by atomic mass is 9.87. The molecule has 0 radical (unpaired) electrons. The van der Waals surface area contributed by atoms with Crippen LogP contribution in [0, 0.1) is 16.7 Å². The van der Waals surface area contributed by atoms with E-state index in [9.17, 15) is 4.79 Å². The van der Waals surface area contributed by atoms with Gasteiger partial charge in [0.2, 0.25) is 0 Å². The minimum Gasteiger partial charge on any atom is -0.295 e. The van der Waals surface area contributed by atoms with E-state index in [1.165, 1.54) is 5.57 Å². The largest absolute Gasteiger partial charge is 0.295 e. The highest BCUT2D eigenvalue weighted by Gasteiger charge is 2.13. The Hall–Kier alpha value is -1.40. The van der Waals surface area contributed by atoms with E-state index in [2.05, 4.69) is 32.9 Å². The molecule has 0 aliphatic rings. The molecule has 0 spiro atoms. The molecule has 118 valence electrons. The average molecular weight is 290 g/mol. The van der Waals surface area contributed by atoms with Crippen molar-refractivity contribution in [3.63, 3.8) is 0 Å². The Balaban J connectivity index is 4.42. The number of hydrogen-bond acceptors (Lipinski definition) is 3. The third kappa shape index (κ3) is 9.20.